The number of rotatable bonds is 2. The number of hydrogen-bond acceptors (Lipinski definition) is 3. The summed E-state index contributed by atoms with van der Waals surface area (Å²) in [7, 11) is 0.979. The van der Waals surface area contributed by atoms with Gasteiger partial charge in [-0.05, 0) is 12.8 Å². The molecule has 1 unspecified atom stereocenters. The molecule has 0 aromatic heterocycles. The van der Waals surface area contributed by atoms with E-state index in [9.17, 15) is 13.2 Å². The topological polar surface area (TPSA) is 42.2 Å². The maximum Gasteiger partial charge on any atom is 0.416 e. The smallest absolute Gasteiger partial charge is 0.381 e. The maximum atomic E-state index is 12.6. The van der Waals surface area contributed by atoms with E-state index in [-0.39, 0.29) is 26.1 Å². The Labute approximate surface area is 85.8 Å². The average molecular weight is 223 g/mol. The highest BCUT2D eigenvalue weighted by Crippen LogP contribution is 2.42. The molecule has 0 saturated carbocycles. The van der Waals surface area contributed by atoms with Crippen molar-refractivity contribution in [1.29, 1.82) is 5.26 Å². The zero-order chi connectivity index (χ0) is 11.5. The molecule has 0 bridgehead atoms. The van der Waals surface area contributed by atoms with Gasteiger partial charge in [-0.1, -0.05) is 0 Å². The lowest BCUT2D eigenvalue weighted by Crippen LogP contribution is -2.48. The van der Waals surface area contributed by atoms with Crippen molar-refractivity contribution in [1.82, 2.24) is 0 Å². The molecule has 6 heteroatoms. The summed E-state index contributed by atoms with van der Waals surface area (Å²) in [6.07, 6.45) is -6.43. The third-order valence-electron chi connectivity index (χ3n) is 2.64. The second-order valence-electron chi connectivity index (χ2n) is 3.54. The van der Waals surface area contributed by atoms with Crippen LogP contribution >= 0.6 is 0 Å². The van der Waals surface area contributed by atoms with E-state index >= 15 is 0 Å². The highest BCUT2D eigenvalue weighted by Gasteiger charge is 2.55. The Morgan fingerprint density at radius 1 is 1.40 bits per heavy atom. The second-order valence-corrected chi connectivity index (χ2v) is 3.54. The number of halogens is 3. The van der Waals surface area contributed by atoms with Crippen LogP contribution in [-0.4, -0.2) is 32.6 Å². The fourth-order valence-corrected chi connectivity index (χ4v) is 1.84. The largest absolute Gasteiger partial charge is 0.416 e. The van der Waals surface area contributed by atoms with Gasteiger partial charge in [0, 0.05) is 20.3 Å². The Kier molecular flexibility index (Phi) is 3.58. The molecule has 15 heavy (non-hydrogen) atoms. The molecule has 1 aliphatic rings. The Morgan fingerprint density at radius 2 is 1.93 bits per heavy atom. The molecule has 1 fully saturated rings. The van der Waals surface area contributed by atoms with Gasteiger partial charge in [0.25, 0.3) is 0 Å². The molecule has 1 rings (SSSR count). The van der Waals surface area contributed by atoms with Crippen LogP contribution in [0.5, 0.6) is 0 Å². The fraction of sp³-hybridized carbons (Fsp3) is 0.889. The summed E-state index contributed by atoms with van der Waals surface area (Å²) in [5.74, 6) is 0. The van der Waals surface area contributed by atoms with Gasteiger partial charge in [0.2, 0.25) is 0 Å². The van der Waals surface area contributed by atoms with Crippen LogP contribution in [-0.2, 0) is 9.47 Å². The molecule has 86 valence electrons. The van der Waals surface area contributed by atoms with Gasteiger partial charge < -0.3 is 9.47 Å². The summed E-state index contributed by atoms with van der Waals surface area (Å²) < 4.78 is 47.3. The zero-order valence-electron chi connectivity index (χ0n) is 8.30. The third-order valence-corrected chi connectivity index (χ3v) is 2.64. The normalized spacial score (nSPS) is 23.1. The van der Waals surface area contributed by atoms with Crippen LogP contribution in [0.25, 0.3) is 0 Å². The van der Waals surface area contributed by atoms with E-state index in [2.05, 4.69) is 4.74 Å². The first-order chi connectivity index (χ1) is 6.96. The van der Waals surface area contributed by atoms with Crippen molar-refractivity contribution in [2.75, 3.05) is 20.3 Å². The summed E-state index contributed by atoms with van der Waals surface area (Å²) in [6, 6.07) is 1.75. The summed E-state index contributed by atoms with van der Waals surface area (Å²) in [4.78, 5) is 0. The van der Waals surface area contributed by atoms with Crippen LogP contribution in [0.1, 0.15) is 12.8 Å². The third kappa shape index (κ3) is 2.41. The lowest BCUT2D eigenvalue weighted by molar-refractivity contribution is -0.247. The molecule has 1 aliphatic heterocycles. The highest BCUT2D eigenvalue weighted by molar-refractivity contribution is 5.07. The van der Waals surface area contributed by atoms with Gasteiger partial charge in [0.1, 0.15) is 0 Å². The lowest BCUT2D eigenvalue weighted by Gasteiger charge is -2.37. The first kappa shape index (κ1) is 12.3. The number of alkyl halides is 3. The van der Waals surface area contributed by atoms with Crippen LogP contribution in [0.4, 0.5) is 13.2 Å². The van der Waals surface area contributed by atoms with E-state index in [1.807, 2.05) is 0 Å². The van der Waals surface area contributed by atoms with E-state index in [1.54, 1.807) is 6.07 Å². The van der Waals surface area contributed by atoms with Gasteiger partial charge in [-0.3, -0.25) is 0 Å². The predicted octanol–water partition coefficient (Wildman–Crippen LogP) is 1.88. The minimum atomic E-state index is -4.51. The molecular weight excluding hydrogens is 211 g/mol. The van der Waals surface area contributed by atoms with Crippen molar-refractivity contribution in [2.45, 2.75) is 25.1 Å². The Morgan fingerprint density at radius 3 is 2.27 bits per heavy atom. The number of methoxy groups -OCH3 is 1. The number of nitriles is 1. The summed E-state index contributed by atoms with van der Waals surface area (Å²) in [6.45, 7) is 0.340. The first-order valence-electron chi connectivity index (χ1n) is 4.55. The number of nitrogens with zero attached hydrogens (tertiary/aromatic N) is 1. The van der Waals surface area contributed by atoms with Crippen LogP contribution < -0.4 is 0 Å². The number of hydrogen-bond donors (Lipinski definition) is 0. The minimum absolute atomic E-state index is 0.0571. The monoisotopic (exact) mass is 223 g/mol. The molecule has 0 aromatic carbocycles. The number of ether oxygens (including phenoxy) is 2. The van der Waals surface area contributed by atoms with Crippen molar-refractivity contribution >= 4 is 0 Å². The average Bonchev–Trinajstić information content (AvgIpc) is 2.18. The lowest BCUT2D eigenvalue weighted by atomic mass is 9.76. The highest BCUT2D eigenvalue weighted by atomic mass is 19.4. The van der Waals surface area contributed by atoms with Crippen LogP contribution in [0.2, 0.25) is 0 Å². The van der Waals surface area contributed by atoms with Gasteiger partial charge in [-0.2, -0.15) is 18.4 Å². The van der Waals surface area contributed by atoms with Crippen LogP contribution in [0, 0.1) is 16.7 Å². The first-order valence-corrected chi connectivity index (χ1v) is 4.55. The van der Waals surface area contributed by atoms with Crippen molar-refractivity contribution in [2.24, 2.45) is 5.41 Å². The molecule has 1 heterocycles. The van der Waals surface area contributed by atoms with Gasteiger partial charge in [-0.25, -0.2) is 0 Å². The van der Waals surface area contributed by atoms with Crippen LogP contribution in [0.15, 0.2) is 0 Å². The molecule has 0 amide bonds. The van der Waals surface area contributed by atoms with E-state index in [0.717, 1.165) is 7.11 Å². The van der Waals surface area contributed by atoms with Crippen molar-refractivity contribution in [3.63, 3.8) is 0 Å². The predicted molar refractivity (Wildman–Crippen MR) is 45.0 cm³/mol. The maximum absolute atomic E-state index is 12.6. The Balaban J connectivity index is 2.92. The van der Waals surface area contributed by atoms with E-state index in [0.29, 0.717) is 0 Å². The molecule has 0 spiro atoms. The summed E-state index contributed by atoms with van der Waals surface area (Å²) in [5, 5.41) is 8.92. The van der Waals surface area contributed by atoms with Gasteiger partial charge in [0.05, 0.1) is 11.5 Å². The van der Waals surface area contributed by atoms with Crippen molar-refractivity contribution in [3.8, 4) is 6.07 Å². The van der Waals surface area contributed by atoms with Gasteiger partial charge in [-0.15, -0.1) is 0 Å². The molecular formula is C9H12F3NO2. The molecule has 1 atom stereocenters. The quantitative estimate of drug-likeness (QED) is 0.717. The van der Waals surface area contributed by atoms with E-state index in [1.165, 1.54) is 0 Å². The SMILES string of the molecule is COC(C(F)(F)F)C1(C#N)CCOCC1. The van der Waals surface area contributed by atoms with Crippen LogP contribution in [0.3, 0.4) is 0 Å². The summed E-state index contributed by atoms with van der Waals surface area (Å²) in [5.41, 5.74) is -1.49. The minimum Gasteiger partial charge on any atom is -0.381 e. The molecule has 0 aromatic rings. The van der Waals surface area contributed by atoms with E-state index in [4.69, 9.17) is 10.00 Å². The molecule has 0 N–H and O–H groups in total. The van der Waals surface area contributed by atoms with Gasteiger partial charge >= 0.3 is 6.18 Å². The standard InChI is InChI=1S/C9H12F3NO2/c1-14-7(9(10,11)12)8(6-13)2-4-15-5-3-8/h7H,2-5H2,1H3. The van der Waals surface area contributed by atoms with Gasteiger partial charge in [0.15, 0.2) is 6.10 Å². The Hall–Kier alpha value is -0.800. The second kappa shape index (κ2) is 4.37. The summed E-state index contributed by atoms with van der Waals surface area (Å²) >= 11 is 0. The van der Waals surface area contributed by atoms with Crippen molar-refractivity contribution in [3.05, 3.63) is 0 Å². The van der Waals surface area contributed by atoms with Crippen molar-refractivity contribution < 1.29 is 22.6 Å². The fourth-order valence-electron chi connectivity index (χ4n) is 1.84. The zero-order valence-corrected chi connectivity index (χ0v) is 8.30. The molecule has 1 saturated heterocycles. The molecule has 0 radical (unpaired) electrons. The molecule has 3 nitrogen and oxygen atoms in total. The Bertz CT molecular complexity index is 253. The van der Waals surface area contributed by atoms with E-state index < -0.39 is 17.7 Å². The molecule has 0 aliphatic carbocycles.